The van der Waals surface area contributed by atoms with Gasteiger partial charge in [0.2, 0.25) is 0 Å². The lowest BCUT2D eigenvalue weighted by atomic mass is 10.3. The molecule has 0 spiro atoms. The second kappa shape index (κ2) is 5.50. The molecular weight excluding hydrogens is 204 g/mol. The number of alkyl halides is 2. The van der Waals surface area contributed by atoms with E-state index in [9.17, 15) is 8.78 Å². The van der Waals surface area contributed by atoms with Gasteiger partial charge in [-0.05, 0) is 19.1 Å². The maximum atomic E-state index is 12.0. The number of nitrogens with zero attached hydrogens (tertiary/aromatic N) is 1. The summed E-state index contributed by atoms with van der Waals surface area (Å²) >= 11 is 0. The van der Waals surface area contributed by atoms with Gasteiger partial charge in [-0.2, -0.15) is 8.78 Å². The van der Waals surface area contributed by atoms with Crippen molar-refractivity contribution in [3.8, 4) is 5.75 Å². The Morgan fingerprint density at radius 1 is 1.40 bits per heavy atom. The van der Waals surface area contributed by atoms with Crippen molar-refractivity contribution in [2.24, 2.45) is 0 Å². The predicted octanol–water partition coefficient (Wildman–Crippen LogP) is 2.68. The molecule has 0 radical (unpaired) electrons. The van der Waals surface area contributed by atoms with E-state index in [2.05, 4.69) is 4.84 Å². The van der Waals surface area contributed by atoms with Crippen molar-refractivity contribution in [1.29, 1.82) is 0 Å². The number of hydroxylamine groups is 1. The zero-order valence-electron chi connectivity index (χ0n) is 8.61. The molecular formula is C10H13F2NO2. The van der Waals surface area contributed by atoms with Gasteiger partial charge in [0.25, 0.3) is 0 Å². The lowest BCUT2D eigenvalue weighted by Crippen LogP contribution is -2.25. The fourth-order valence-electron chi connectivity index (χ4n) is 1.18. The zero-order chi connectivity index (χ0) is 11.3. The van der Waals surface area contributed by atoms with Gasteiger partial charge in [0.05, 0.1) is 12.8 Å². The van der Waals surface area contributed by atoms with Crippen LogP contribution in [0.3, 0.4) is 0 Å². The Hall–Kier alpha value is -1.36. The monoisotopic (exact) mass is 217 g/mol. The number of rotatable bonds is 5. The second-order valence-electron chi connectivity index (χ2n) is 2.76. The summed E-state index contributed by atoms with van der Waals surface area (Å²) in [5.74, 6) is 0.601. The summed E-state index contributed by atoms with van der Waals surface area (Å²) in [6.45, 7) is -0.768. The molecule has 0 aliphatic carbocycles. The molecule has 0 aliphatic rings. The molecule has 0 saturated carbocycles. The lowest BCUT2D eigenvalue weighted by Gasteiger charge is -2.21. The summed E-state index contributed by atoms with van der Waals surface area (Å²) in [5, 5.41) is 1.12. The van der Waals surface area contributed by atoms with Gasteiger partial charge in [0, 0.05) is 12.6 Å². The summed E-state index contributed by atoms with van der Waals surface area (Å²) in [6.07, 6.45) is 0. The van der Waals surface area contributed by atoms with Crippen LogP contribution in [0.5, 0.6) is 5.75 Å². The second-order valence-corrected chi connectivity index (χ2v) is 2.76. The minimum Gasteiger partial charge on any atom is -0.497 e. The Morgan fingerprint density at radius 2 is 2.13 bits per heavy atom. The molecule has 0 fully saturated rings. The van der Waals surface area contributed by atoms with E-state index in [1.807, 2.05) is 0 Å². The van der Waals surface area contributed by atoms with Gasteiger partial charge < -0.3 is 4.74 Å². The number of anilines is 1. The molecule has 15 heavy (non-hydrogen) atoms. The van der Waals surface area contributed by atoms with Crippen molar-refractivity contribution in [1.82, 2.24) is 0 Å². The number of halogens is 2. The van der Waals surface area contributed by atoms with E-state index >= 15 is 0 Å². The number of hydrogen-bond donors (Lipinski definition) is 0. The van der Waals surface area contributed by atoms with E-state index in [0.717, 1.165) is 5.06 Å². The molecule has 84 valence electrons. The van der Waals surface area contributed by atoms with E-state index in [1.54, 1.807) is 31.2 Å². The Morgan fingerprint density at radius 3 is 2.67 bits per heavy atom. The third kappa shape index (κ3) is 3.36. The van der Waals surface area contributed by atoms with Crippen LogP contribution >= 0.6 is 0 Å². The van der Waals surface area contributed by atoms with Gasteiger partial charge in [0.15, 0.2) is 0 Å². The van der Waals surface area contributed by atoms with Crippen LogP contribution in [-0.4, -0.2) is 20.3 Å². The minimum absolute atomic E-state index is 0.331. The van der Waals surface area contributed by atoms with E-state index < -0.39 is 6.61 Å². The molecule has 0 N–H and O–H groups in total. The van der Waals surface area contributed by atoms with Crippen molar-refractivity contribution in [2.45, 2.75) is 13.5 Å². The zero-order valence-corrected chi connectivity index (χ0v) is 8.61. The molecule has 0 aliphatic heterocycles. The summed E-state index contributed by atoms with van der Waals surface area (Å²) in [5.41, 5.74) is 0.539. The Kier molecular flexibility index (Phi) is 4.30. The number of ether oxygens (including phenoxy) is 1. The third-order valence-corrected chi connectivity index (χ3v) is 1.84. The Labute approximate surface area is 87.2 Å². The van der Waals surface area contributed by atoms with Gasteiger partial charge in [-0.1, -0.05) is 6.07 Å². The first-order valence-electron chi connectivity index (χ1n) is 4.54. The average molecular weight is 217 g/mol. The fraction of sp³-hybridized carbons (Fsp3) is 0.400. The van der Waals surface area contributed by atoms with Crippen LogP contribution < -0.4 is 9.80 Å². The smallest absolute Gasteiger partial charge is 0.364 e. The van der Waals surface area contributed by atoms with Crippen molar-refractivity contribution in [2.75, 3.05) is 18.7 Å². The largest absolute Gasteiger partial charge is 0.497 e. The first-order chi connectivity index (χ1) is 7.17. The molecule has 1 aromatic rings. The van der Waals surface area contributed by atoms with E-state index in [1.165, 1.54) is 7.11 Å². The Bertz CT molecular complexity index is 307. The van der Waals surface area contributed by atoms with Crippen LogP contribution in [-0.2, 0) is 4.84 Å². The molecule has 0 atom stereocenters. The molecule has 3 nitrogen and oxygen atoms in total. The third-order valence-electron chi connectivity index (χ3n) is 1.84. The van der Waals surface area contributed by atoms with Crippen LogP contribution in [0.25, 0.3) is 0 Å². The minimum atomic E-state index is -2.82. The highest BCUT2D eigenvalue weighted by Gasteiger charge is 2.11. The summed E-state index contributed by atoms with van der Waals surface area (Å²) in [6, 6.07) is 6.76. The normalized spacial score (nSPS) is 10.5. The van der Waals surface area contributed by atoms with Crippen molar-refractivity contribution >= 4 is 5.69 Å². The van der Waals surface area contributed by atoms with E-state index in [-0.39, 0.29) is 0 Å². The van der Waals surface area contributed by atoms with Crippen molar-refractivity contribution in [3.63, 3.8) is 0 Å². The highest BCUT2D eigenvalue weighted by atomic mass is 19.3. The van der Waals surface area contributed by atoms with Crippen LogP contribution in [0.4, 0.5) is 14.5 Å². The van der Waals surface area contributed by atoms with Gasteiger partial charge in [-0.3, -0.25) is 0 Å². The molecule has 1 rings (SSSR count). The number of methoxy groups -OCH3 is 1. The predicted molar refractivity (Wildman–Crippen MR) is 53.1 cm³/mol. The SMILES string of the molecule is CCN(OC(F)F)c1cccc(OC)c1. The molecule has 0 aromatic heterocycles. The van der Waals surface area contributed by atoms with Gasteiger partial charge in [-0.25, -0.2) is 9.90 Å². The van der Waals surface area contributed by atoms with Gasteiger partial charge in [0.1, 0.15) is 5.75 Å². The maximum absolute atomic E-state index is 12.0. The Balaban J connectivity index is 2.81. The average Bonchev–Trinajstić information content (AvgIpc) is 2.25. The number of benzene rings is 1. The summed E-state index contributed by atoms with van der Waals surface area (Å²) in [7, 11) is 1.52. The topological polar surface area (TPSA) is 21.7 Å². The fourth-order valence-corrected chi connectivity index (χ4v) is 1.18. The standard InChI is InChI=1S/C10H13F2NO2/c1-3-13(15-10(11)12)8-5-4-6-9(7-8)14-2/h4-7,10H,3H2,1-2H3. The molecule has 1 aromatic carbocycles. The van der Waals surface area contributed by atoms with Crippen molar-refractivity contribution in [3.05, 3.63) is 24.3 Å². The highest BCUT2D eigenvalue weighted by Crippen LogP contribution is 2.21. The van der Waals surface area contributed by atoms with Crippen LogP contribution in [0.15, 0.2) is 24.3 Å². The summed E-state index contributed by atoms with van der Waals surface area (Å²) in [4.78, 5) is 4.33. The molecule has 0 saturated heterocycles. The quantitative estimate of drug-likeness (QED) is 0.708. The first kappa shape index (κ1) is 11.7. The molecule has 0 amide bonds. The van der Waals surface area contributed by atoms with Gasteiger partial charge >= 0.3 is 6.61 Å². The maximum Gasteiger partial charge on any atom is 0.364 e. The molecule has 0 unspecified atom stereocenters. The van der Waals surface area contributed by atoms with Crippen LogP contribution in [0, 0.1) is 0 Å². The molecule has 5 heteroatoms. The van der Waals surface area contributed by atoms with E-state index in [0.29, 0.717) is 18.0 Å². The van der Waals surface area contributed by atoms with Gasteiger partial charge in [-0.15, -0.1) is 0 Å². The first-order valence-corrected chi connectivity index (χ1v) is 4.54. The van der Waals surface area contributed by atoms with Crippen LogP contribution in [0.1, 0.15) is 6.92 Å². The summed E-state index contributed by atoms with van der Waals surface area (Å²) < 4.78 is 29.1. The highest BCUT2D eigenvalue weighted by molar-refractivity contribution is 5.48. The number of hydrogen-bond acceptors (Lipinski definition) is 3. The van der Waals surface area contributed by atoms with E-state index in [4.69, 9.17) is 4.74 Å². The molecule has 0 heterocycles. The molecule has 0 bridgehead atoms. The van der Waals surface area contributed by atoms with Crippen LogP contribution in [0.2, 0.25) is 0 Å². The van der Waals surface area contributed by atoms with Crippen molar-refractivity contribution < 1.29 is 18.4 Å². The lowest BCUT2D eigenvalue weighted by molar-refractivity contribution is -0.138.